The molecule has 1 aliphatic rings. The van der Waals surface area contributed by atoms with Crippen molar-refractivity contribution in [2.45, 2.75) is 25.4 Å². The maximum Gasteiger partial charge on any atom is 0.170 e. The van der Waals surface area contributed by atoms with Crippen LogP contribution in [0.4, 0.5) is 4.39 Å². The van der Waals surface area contributed by atoms with Crippen molar-refractivity contribution in [3.63, 3.8) is 0 Å². The molecule has 2 rings (SSSR count). The quantitative estimate of drug-likeness (QED) is 0.342. The van der Waals surface area contributed by atoms with Crippen LogP contribution >= 0.6 is 11.8 Å². The highest BCUT2D eigenvalue weighted by Gasteiger charge is 2.14. The molecule has 0 amide bonds. The normalized spacial score (nSPS) is 20.5. The van der Waals surface area contributed by atoms with Crippen molar-refractivity contribution in [2.24, 2.45) is 10.9 Å². The lowest BCUT2D eigenvalue weighted by atomic mass is 10.1. The van der Waals surface area contributed by atoms with Gasteiger partial charge in [-0.15, -0.1) is 0 Å². The summed E-state index contributed by atoms with van der Waals surface area (Å²) in [6, 6.07) is 5.08. The number of benzene rings is 1. The summed E-state index contributed by atoms with van der Waals surface area (Å²) in [6.45, 7) is 0.507. The number of rotatable bonds is 4. The Morgan fingerprint density at radius 3 is 3.05 bits per heavy atom. The first-order chi connectivity index (χ1) is 9.20. The number of nitrogens with two attached hydrogens (primary N) is 1. The monoisotopic (exact) mass is 283 g/mol. The van der Waals surface area contributed by atoms with E-state index in [1.165, 1.54) is 18.2 Å². The molecule has 0 saturated carbocycles. The summed E-state index contributed by atoms with van der Waals surface area (Å²) in [7, 11) is 0. The van der Waals surface area contributed by atoms with Crippen LogP contribution in [0.15, 0.2) is 23.4 Å². The van der Waals surface area contributed by atoms with E-state index in [0.717, 1.165) is 12.2 Å². The molecule has 1 aromatic rings. The van der Waals surface area contributed by atoms with E-state index in [1.54, 1.807) is 12.1 Å². The van der Waals surface area contributed by atoms with Crippen molar-refractivity contribution in [3.05, 3.63) is 35.1 Å². The number of hydrogen-bond acceptors (Lipinski definition) is 4. The Hall–Kier alpha value is -1.27. The van der Waals surface area contributed by atoms with Gasteiger partial charge in [0, 0.05) is 29.5 Å². The molecule has 1 unspecified atom stereocenters. The summed E-state index contributed by atoms with van der Waals surface area (Å²) in [5, 5.41) is 14.8. The van der Waals surface area contributed by atoms with Gasteiger partial charge in [-0.1, -0.05) is 17.3 Å². The van der Waals surface area contributed by atoms with Crippen LogP contribution in [0.1, 0.15) is 24.0 Å². The molecule has 0 radical (unpaired) electrons. The van der Waals surface area contributed by atoms with Crippen LogP contribution in [0.5, 0.6) is 0 Å². The first-order valence-corrected chi connectivity index (χ1v) is 7.43. The summed E-state index contributed by atoms with van der Waals surface area (Å²) in [6.07, 6.45) is 2.37. The summed E-state index contributed by atoms with van der Waals surface area (Å²) in [5.41, 5.74) is 6.41. The fourth-order valence-electron chi connectivity index (χ4n) is 2.06. The van der Waals surface area contributed by atoms with Gasteiger partial charge in [0.15, 0.2) is 5.84 Å². The number of amidine groups is 1. The number of thioether (sulfide) groups is 1. The van der Waals surface area contributed by atoms with Gasteiger partial charge >= 0.3 is 0 Å². The Balaban J connectivity index is 1.97. The van der Waals surface area contributed by atoms with Crippen molar-refractivity contribution < 1.29 is 9.60 Å². The van der Waals surface area contributed by atoms with Crippen LogP contribution in [0, 0.1) is 5.82 Å². The lowest BCUT2D eigenvalue weighted by molar-refractivity contribution is 0.318. The standard InChI is InChI=1S/C13H18FN3OS/c14-12-6-9(13(15)17-18)3-4-10(12)7-16-11-2-1-5-19-8-11/h3-4,6,11,16,18H,1-2,5,7-8H2,(H2,15,17). The largest absolute Gasteiger partial charge is 0.409 e. The predicted molar refractivity (Wildman–Crippen MR) is 76.1 cm³/mol. The van der Waals surface area contributed by atoms with Crippen molar-refractivity contribution in [2.75, 3.05) is 11.5 Å². The molecular formula is C13H18FN3OS. The third-order valence-corrected chi connectivity index (χ3v) is 4.41. The Bertz CT molecular complexity index is 461. The number of nitrogens with zero attached hydrogens (tertiary/aromatic N) is 1. The molecule has 1 heterocycles. The minimum Gasteiger partial charge on any atom is -0.409 e. The zero-order chi connectivity index (χ0) is 13.7. The summed E-state index contributed by atoms with van der Waals surface area (Å²) in [4.78, 5) is 0. The molecule has 4 N–H and O–H groups in total. The Kier molecular flexibility index (Phi) is 5.04. The van der Waals surface area contributed by atoms with E-state index in [1.807, 2.05) is 11.8 Å². The van der Waals surface area contributed by atoms with Gasteiger partial charge in [-0.05, 0) is 24.7 Å². The zero-order valence-electron chi connectivity index (χ0n) is 10.6. The van der Waals surface area contributed by atoms with Gasteiger partial charge in [-0.3, -0.25) is 0 Å². The van der Waals surface area contributed by atoms with Crippen LogP contribution in [0.25, 0.3) is 0 Å². The number of hydrogen-bond donors (Lipinski definition) is 3. The lowest BCUT2D eigenvalue weighted by Crippen LogP contribution is -2.33. The Labute approximate surface area is 116 Å². The van der Waals surface area contributed by atoms with Crippen molar-refractivity contribution >= 4 is 17.6 Å². The van der Waals surface area contributed by atoms with Crippen molar-refractivity contribution in [3.8, 4) is 0 Å². The van der Waals surface area contributed by atoms with Crippen molar-refractivity contribution in [1.29, 1.82) is 0 Å². The highest BCUT2D eigenvalue weighted by atomic mass is 32.2. The molecule has 1 fully saturated rings. The van der Waals surface area contributed by atoms with Gasteiger partial charge in [0.25, 0.3) is 0 Å². The molecule has 0 spiro atoms. The SMILES string of the molecule is N/C(=N/O)c1ccc(CNC2CCCSC2)c(F)c1. The third-order valence-electron chi connectivity index (χ3n) is 3.20. The molecule has 6 heteroatoms. The minimum absolute atomic E-state index is 0.0814. The van der Waals surface area contributed by atoms with Crippen molar-refractivity contribution in [1.82, 2.24) is 5.32 Å². The predicted octanol–water partition coefficient (Wildman–Crippen LogP) is 1.91. The van der Waals surface area contributed by atoms with E-state index >= 15 is 0 Å². The summed E-state index contributed by atoms with van der Waals surface area (Å²) >= 11 is 1.94. The molecule has 1 aromatic carbocycles. The van der Waals surface area contributed by atoms with Gasteiger partial charge in [-0.25, -0.2) is 4.39 Å². The van der Waals surface area contributed by atoms with Gasteiger partial charge in [0.2, 0.25) is 0 Å². The number of halogens is 1. The highest BCUT2D eigenvalue weighted by molar-refractivity contribution is 7.99. The minimum atomic E-state index is -0.333. The Morgan fingerprint density at radius 1 is 1.58 bits per heavy atom. The number of nitrogens with one attached hydrogen (secondary N) is 1. The topological polar surface area (TPSA) is 70.6 Å². The van der Waals surface area contributed by atoms with E-state index in [-0.39, 0.29) is 11.7 Å². The van der Waals surface area contributed by atoms with Crippen LogP contribution < -0.4 is 11.1 Å². The second-order valence-electron chi connectivity index (χ2n) is 4.59. The lowest BCUT2D eigenvalue weighted by Gasteiger charge is -2.22. The second kappa shape index (κ2) is 6.77. The smallest absolute Gasteiger partial charge is 0.170 e. The molecule has 1 atom stereocenters. The van der Waals surface area contributed by atoms with Gasteiger partial charge < -0.3 is 16.3 Å². The molecule has 1 aliphatic heterocycles. The Morgan fingerprint density at radius 2 is 2.42 bits per heavy atom. The average molecular weight is 283 g/mol. The van der Waals surface area contributed by atoms with Crippen LogP contribution in [0.3, 0.4) is 0 Å². The van der Waals surface area contributed by atoms with E-state index in [2.05, 4.69) is 10.5 Å². The van der Waals surface area contributed by atoms with E-state index in [9.17, 15) is 4.39 Å². The van der Waals surface area contributed by atoms with Crippen LogP contribution in [-0.2, 0) is 6.54 Å². The molecule has 104 valence electrons. The molecule has 19 heavy (non-hydrogen) atoms. The molecule has 0 aromatic heterocycles. The number of oxime groups is 1. The molecule has 0 aliphatic carbocycles. The second-order valence-corrected chi connectivity index (χ2v) is 5.74. The fourth-order valence-corrected chi connectivity index (χ4v) is 3.17. The highest BCUT2D eigenvalue weighted by Crippen LogP contribution is 2.18. The molecular weight excluding hydrogens is 265 g/mol. The average Bonchev–Trinajstić information content (AvgIpc) is 2.46. The summed E-state index contributed by atoms with van der Waals surface area (Å²) in [5.74, 6) is 1.90. The maximum absolute atomic E-state index is 13.9. The van der Waals surface area contributed by atoms with Crippen LogP contribution in [0.2, 0.25) is 0 Å². The first-order valence-electron chi connectivity index (χ1n) is 6.28. The van der Waals surface area contributed by atoms with Gasteiger partial charge in [0.1, 0.15) is 5.82 Å². The van der Waals surface area contributed by atoms with Gasteiger partial charge in [-0.2, -0.15) is 11.8 Å². The van der Waals surface area contributed by atoms with E-state index < -0.39 is 0 Å². The maximum atomic E-state index is 13.9. The van der Waals surface area contributed by atoms with Crippen LogP contribution in [-0.4, -0.2) is 28.6 Å². The molecule has 0 bridgehead atoms. The van der Waals surface area contributed by atoms with E-state index in [4.69, 9.17) is 10.9 Å². The first kappa shape index (κ1) is 14.1. The zero-order valence-corrected chi connectivity index (χ0v) is 11.4. The molecule has 1 saturated heterocycles. The van der Waals surface area contributed by atoms with E-state index in [0.29, 0.717) is 23.7 Å². The third kappa shape index (κ3) is 3.84. The van der Waals surface area contributed by atoms with Gasteiger partial charge in [0.05, 0.1) is 0 Å². The fraction of sp³-hybridized carbons (Fsp3) is 0.462. The molecule has 4 nitrogen and oxygen atoms in total. The summed E-state index contributed by atoms with van der Waals surface area (Å²) < 4.78 is 13.9.